The van der Waals surface area contributed by atoms with Crippen LogP contribution in [0.3, 0.4) is 0 Å². The molecule has 0 unspecified atom stereocenters. The van der Waals surface area contributed by atoms with Gasteiger partial charge in [-0.1, -0.05) is 18.2 Å². The first-order valence-electron chi connectivity index (χ1n) is 9.09. The van der Waals surface area contributed by atoms with Crippen molar-refractivity contribution in [2.45, 2.75) is 6.92 Å². The lowest BCUT2D eigenvalue weighted by atomic mass is 10.1. The Bertz CT molecular complexity index is 1200. The Hall–Kier alpha value is -4.06. The topological polar surface area (TPSA) is 84.0 Å². The van der Waals surface area contributed by atoms with Crippen molar-refractivity contribution in [3.05, 3.63) is 90.4 Å². The van der Waals surface area contributed by atoms with Gasteiger partial charge in [-0.2, -0.15) is 0 Å². The van der Waals surface area contributed by atoms with Crippen LogP contribution in [0.5, 0.6) is 0 Å². The molecule has 0 spiro atoms. The number of nitrogens with one attached hydrogen (secondary N) is 2. The molecule has 6 heteroatoms. The Morgan fingerprint density at radius 3 is 2.41 bits per heavy atom. The molecule has 0 saturated heterocycles. The first-order chi connectivity index (χ1) is 14.1. The van der Waals surface area contributed by atoms with Crippen LogP contribution in [0.15, 0.2) is 79.1 Å². The summed E-state index contributed by atoms with van der Waals surface area (Å²) in [6.07, 6.45) is 3.32. The standard InChI is InChI=1S/C23H18N4O2/c1-15(28)16-7-9-18(10-8-16)27-23(29)21-14-19(11-13-24-21)26-20-6-2-4-17-5-3-12-25-22(17)20/h2-14H,1H3,(H,24,26)(H,27,29). The minimum Gasteiger partial charge on any atom is -0.354 e. The van der Waals surface area contributed by atoms with E-state index in [1.54, 1.807) is 48.8 Å². The zero-order chi connectivity index (χ0) is 20.2. The number of Topliss-reactive ketones (excluding diaryl/α,β-unsaturated/α-hetero) is 1. The molecule has 0 radical (unpaired) electrons. The van der Waals surface area contributed by atoms with Crippen molar-refractivity contribution < 1.29 is 9.59 Å². The zero-order valence-corrected chi connectivity index (χ0v) is 15.7. The summed E-state index contributed by atoms with van der Waals surface area (Å²) >= 11 is 0. The molecule has 2 heterocycles. The maximum absolute atomic E-state index is 12.6. The van der Waals surface area contributed by atoms with Gasteiger partial charge in [-0.25, -0.2) is 0 Å². The van der Waals surface area contributed by atoms with E-state index in [-0.39, 0.29) is 17.4 Å². The number of hydrogen-bond acceptors (Lipinski definition) is 5. The quantitative estimate of drug-likeness (QED) is 0.483. The van der Waals surface area contributed by atoms with Crippen LogP contribution >= 0.6 is 0 Å². The molecule has 2 N–H and O–H groups in total. The van der Waals surface area contributed by atoms with Gasteiger partial charge in [0.15, 0.2) is 5.78 Å². The highest BCUT2D eigenvalue weighted by molar-refractivity contribution is 6.04. The summed E-state index contributed by atoms with van der Waals surface area (Å²) in [6, 6.07) is 20.0. The maximum atomic E-state index is 12.6. The van der Waals surface area contributed by atoms with E-state index in [9.17, 15) is 9.59 Å². The van der Waals surface area contributed by atoms with Crippen LogP contribution in [-0.2, 0) is 0 Å². The van der Waals surface area contributed by atoms with Crippen molar-refractivity contribution in [3.8, 4) is 0 Å². The number of rotatable bonds is 5. The van der Waals surface area contributed by atoms with Crippen molar-refractivity contribution >= 4 is 39.7 Å². The third-order valence-electron chi connectivity index (χ3n) is 4.45. The molecule has 0 aliphatic carbocycles. The summed E-state index contributed by atoms with van der Waals surface area (Å²) in [5.41, 5.74) is 3.90. The number of benzene rings is 2. The number of para-hydroxylation sites is 1. The van der Waals surface area contributed by atoms with Gasteiger partial charge in [0.1, 0.15) is 5.69 Å². The molecule has 0 aliphatic rings. The van der Waals surface area contributed by atoms with Crippen LogP contribution in [0.2, 0.25) is 0 Å². The van der Waals surface area contributed by atoms with Gasteiger partial charge in [0.05, 0.1) is 11.2 Å². The number of hydrogen-bond donors (Lipinski definition) is 2. The molecule has 6 nitrogen and oxygen atoms in total. The normalized spacial score (nSPS) is 10.5. The van der Waals surface area contributed by atoms with E-state index in [0.717, 1.165) is 22.3 Å². The average molecular weight is 382 g/mol. The van der Waals surface area contributed by atoms with Crippen molar-refractivity contribution in [2.24, 2.45) is 0 Å². The van der Waals surface area contributed by atoms with E-state index in [4.69, 9.17) is 0 Å². The van der Waals surface area contributed by atoms with Gasteiger partial charge in [0, 0.05) is 34.7 Å². The van der Waals surface area contributed by atoms with Crippen LogP contribution in [0.1, 0.15) is 27.8 Å². The molecule has 0 saturated carbocycles. The molecule has 0 aliphatic heterocycles. The van der Waals surface area contributed by atoms with Crippen molar-refractivity contribution in [3.63, 3.8) is 0 Å². The van der Waals surface area contributed by atoms with E-state index < -0.39 is 0 Å². The van der Waals surface area contributed by atoms with E-state index >= 15 is 0 Å². The number of carbonyl (C=O) groups is 2. The third-order valence-corrected chi connectivity index (χ3v) is 4.45. The van der Waals surface area contributed by atoms with Gasteiger partial charge in [0.2, 0.25) is 0 Å². The minimum atomic E-state index is -0.333. The first-order valence-corrected chi connectivity index (χ1v) is 9.09. The SMILES string of the molecule is CC(=O)c1ccc(NC(=O)c2cc(Nc3cccc4cccnc34)ccn2)cc1. The molecule has 29 heavy (non-hydrogen) atoms. The number of anilines is 3. The molecule has 4 aromatic rings. The molecular formula is C23H18N4O2. The molecule has 0 bridgehead atoms. The fraction of sp³-hybridized carbons (Fsp3) is 0.0435. The summed E-state index contributed by atoms with van der Waals surface area (Å²) in [4.78, 5) is 32.5. The summed E-state index contributed by atoms with van der Waals surface area (Å²) in [5.74, 6) is -0.355. The molecule has 0 atom stereocenters. The summed E-state index contributed by atoms with van der Waals surface area (Å²) in [7, 11) is 0. The summed E-state index contributed by atoms with van der Waals surface area (Å²) in [6.45, 7) is 1.50. The molecule has 142 valence electrons. The zero-order valence-electron chi connectivity index (χ0n) is 15.7. The van der Waals surface area contributed by atoms with Crippen LogP contribution in [-0.4, -0.2) is 21.7 Å². The Morgan fingerprint density at radius 2 is 1.62 bits per heavy atom. The summed E-state index contributed by atoms with van der Waals surface area (Å²) < 4.78 is 0. The Morgan fingerprint density at radius 1 is 0.828 bits per heavy atom. The second kappa shape index (κ2) is 7.90. The monoisotopic (exact) mass is 382 g/mol. The lowest BCUT2D eigenvalue weighted by molar-refractivity contribution is 0.101. The number of aromatic nitrogens is 2. The van der Waals surface area contributed by atoms with Gasteiger partial charge in [-0.05, 0) is 55.5 Å². The summed E-state index contributed by atoms with van der Waals surface area (Å²) in [5, 5.41) is 7.12. The second-order valence-electron chi connectivity index (χ2n) is 6.52. The molecule has 2 aromatic heterocycles. The first kappa shape index (κ1) is 18.3. The highest BCUT2D eigenvalue weighted by Crippen LogP contribution is 2.24. The van der Waals surface area contributed by atoms with Crippen LogP contribution in [0.25, 0.3) is 10.9 Å². The predicted molar refractivity (Wildman–Crippen MR) is 114 cm³/mol. The highest BCUT2D eigenvalue weighted by atomic mass is 16.2. The van der Waals surface area contributed by atoms with Crippen LogP contribution in [0, 0.1) is 0 Å². The molecule has 1 amide bonds. The predicted octanol–water partition coefficient (Wildman–Crippen LogP) is 4.83. The fourth-order valence-corrected chi connectivity index (χ4v) is 2.98. The number of pyridine rings is 2. The maximum Gasteiger partial charge on any atom is 0.274 e. The molecule has 2 aromatic carbocycles. The number of carbonyl (C=O) groups excluding carboxylic acids is 2. The van der Waals surface area contributed by atoms with Gasteiger partial charge < -0.3 is 10.6 Å². The van der Waals surface area contributed by atoms with Crippen molar-refractivity contribution in [1.29, 1.82) is 0 Å². The lowest BCUT2D eigenvalue weighted by Gasteiger charge is -2.10. The highest BCUT2D eigenvalue weighted by Gasteiger charge is 2.10. The third kappa shape index (κ3) is 4.11. The number of amides is 1. The van der Waals surface area contributed by atoms with Gasteiger partial charge in [-0.15, -0.1) is 0 Å². The number of nitrogens with zero attached hydrogens (tertiary/aromatic N) is 2. The molecular weight excluding hydrogens is 364 g/mol. The Kier molecular flexibility index (Phi) is 4.99. The Labute approximate surface area is 167 Å². The lowest BCUT2D eigenvalue weighted by Crippen LogP contribution is -2.14. The van der Waals surface area contributed by atoms with E-state index in [2.05, 4.69) is 20.6 Å². The van der Waals surface area contributed by atoms with Crippen molar-refractivity contribution in [1.82, 2.24) is 9.97 Å². The minimum absolute atomic E-state index is 0.0220. The van der Waals surface area contributed by atoms with Gasteiger partial charge in [0.25, 0.3) is 5.91 Å². The average Bonchev–Trinajstić information content (AvgIpc) is 2.74. The van der Waals surface area contributed by atoms with Gasteiger partial charge in [-0.3, -0.25) is 19.6 Å². The van der Waals surface area contributed by atoms with E-state index in [1.165, 1.54) is 6.92 Å². The van der Waals surface area contributed by atoms with Crippen LogP contribution < -0.4 is 10.6 Å². The van der Waals surface area contributed by atoms with Crippen molar-refractivity contribution in [2.75, 3.05) is 10.6 Å². The number of fused-ring (bicyclic) bond motifs is 1. The largest absolute Gasteiger partial charge is 0.354 e. The second-order valence-corrected chi connectivity index (χ2v) is 6.52. The molecule has 4 rings (SSSR count). The van der Waals surface area contributed by atoms with Crippen LogP contribution in [0.4, 0.5) is 17.1 Å². The molecule has 0 fully saturated rings. The smallest absolute Gasteiger partial charge is 0.274 e. The fourth-order valence-electron chi connectivity index (χ4n) is 2.98. The van der Waals surface area contributed by atoms with Gasteiger partial charge >= 0.3 is 0 Å². The van der Waals surface area contributed by atoms with E-state index in [1.807, 2.05) is 30.3 Å². The van der Waals surface area contributed by atoms with E-state index in [0.29, 0.717) is 11.3 Å². The Balaban J connectivity index is 1.53. The number of ketones is 1.